The molecule has 2 aromatic heterocycles. The van der Waals surface area contributed by atoms with Crippen LogP contribution in [0.2, 0.25) is 0 Å². The zero-order valence-electron chi connectivity index (χ0n) is 14.7. The van der Waals surface area contributed by atoms with Crippen LogP contribution in [0.25, 0.3) is 11.6 Å². The second kappa shape index (κ2) is 8.12. The van der Waals surface area contributed by atoms with Gasteiger partial charge < -0.3 is 14.6 Å². The molecule has 0 aliphatic carbocycles. The molecule has 2 aromatic carbocycles. The second-order valence-corrected chi connectivity index (χ2v) is 5.84. The van der Waals surface area contributed by atoms with E-state index in [0.717, 1.165) is 5.75 Å². The van der Waals surface area contributed by atoms with Crippen molar-refractivity contribution in [2.75, 3.05) is 5.32 Å². The number of hydrogen-bond donors (Lipinski definition) is 2. The van der Waals surface area contributed by atoms with Crippen LogP contribution in [0.15, 0.2) is 65.4 Å². The van der Waals surface area contributed by atoms with E-state index in [1.54, 1.807) is 12.1 Å². The van der Waals surface area contributed by atoms with Crippen LogP contribution >= 0.6 is 0 Å². The van der Waals surface area contributed by atoms with Gasteiger partial charge in [0.15, 0.2) is 5.82 Å². The second-order valence-electron chi connectivity index (χ2n) is 5.84. The molecule has 28 heavy (non-hydrogen) atoms. The number of rotatable bonds is 7. The van der Waals surface area contributed by atoms with E-state index in [-0.39, 0.29) is 12.3 Å². The highest BCUT2D eigenvalue weighted by Crippen LogP contribution is 2.24. The lowest BCUT2D eigenvalue weighted by Crippen LogP contribution is -2.12. The van der Waals surface area contributed by atoms with Crippen molar-refractivity contribution in [2.45, 2.75) is 12.8 Å². The van der Waals surface area contributed by atoms with Crippen molar-refractivity contribution in [3.8, 4) is 23.1 Å². The molecule has 2 heterocycles. The van der Waals surface area contributed by atoms with Crippen LogP contribution in [-0.2, 0) is 11.2 Å². The van der Waals surface area contributed by atoms with Crippen molar-refractivity contribution in [1.29, 1.82) is 0 Å². The summed E-state index contributed by atoms with van der Waals surface area (Å²) in [6.07, 6.45) is 1.86. The number of H-pyrrole nitrogens is 1. The summed E-state index contributed by atoms with van der Waals surface area (Å²) < 4.78 is 10.9. The van der Waals surface area contributed by atoms with Gasteiger partial charge in [-0.25, -0.2) is 4.98 Å². The molecular formula is C19H16N6O3. The van der Waals surface area contributed by atoms with Crippen LogP contribution in [0.5, 0.6) is 11.5 Å². The highest BCUT2D eigenvalue weighted by Gasteiger charge is 2.12. The number of benzene rings is 2. The van der Waals surface area contributed by atoms with E-state index in [1.807, 2.05) is 42.5 Å². The summed E-state index contributed by atoms with van der Waals surface area (Å²) in [4.78, 5) is 20.3. The number of aryl methyl sites for hydroxylation is 1. The molecule has 0 bridgehead atoms. The van der Waals surface area contributed by atoms with E-state index in [4.69, 9.17) is 9.26 Å². The largest absolute Gasteiger partial charge is 0.457 e. The SMILES string of the molecule is O=C(CCc1nc(-c2ncn[nH]2)no1)Nc1cccc(Oc2ccccc2)c1. The lowest BCUT2D eigenvalue weighted by molar-refractivity contribution is -0.116. The Labute approximate surface area is 159 Å². The average Bonchev–Trinajstić information content (AvgIpc) is 3.39. The summed E-state index contributed by atoms with van der Waals surface area (Å²) in [5, 5.41) is 13.0. The number of aromatic nitrogens is 5. The predicted molar refractivity (Wildman–Crippen MR) is 99.6 cm³/mol. The predicted octanol–water partition coefficient (Wildman–Crippen LogP) is 3.22. The first-order valence-corrected chi connectivity index (χ1v) is 8.57. The Morgan fingerprint density at radius 2 is 1.96 bits per heavy atom. The number of ether oxygens (including phenoxy) is 1. The molecule has 0 atom stereocenters. The summed E-state index contributed by atoms with van der Waals surface area (Å²) >= 11 is 0. The highest BCUT2D eigenvalue weighted by atomic mass is 16.5. The molecule has 140 valence electrons. The van der Waals surface area contributed by atoms with Gasteiger partial charge in [0, 0.05) is 24.6 Å². The number of anilines is 1. The molecule has 1 amide bonds. The third-order valence-corrected chi connectivity index (χ3v) is 3.76. The first-order valence-electron chi connectivity index (χ1n) is 8.57. The molecule has 0 radical (unpaired) electrons. The molecule has 0 unspecified atom stereocenters. The molecule has 2 N–H and O–H groups in total. The normalized spacial score (nSPS) is 10.6. The molecule has 4 rings (SSSR count). The summed E-state index contributed by atoms with van der Waals surface area (Å²) in [5.74, 6) is 2.26. The fourth-order valence-corrected chi connectivity index (χ4v) is 2.47. The summed E-state index contributed by atoms with van der Waals surface area (Å²) in [7, 11) is 0. The zero-order valence-corrected chi connectivity index (χ0v) is 14.7. The molecule has 0 aliphatic heterocycles. The fraction of sp³-hybridized carbons (Fsp3) is 0.105. The van der Waals surface area contributed by atoms with Crippen molar-refractivity contribution in [2.24, 2.45) is 0 Å². The van der Waals surface area contributed by atoms with Crippen molar-refractivity contribution < 1.29 is 14.1 Å². The van der Waals surface area contributed by atoms with Gasteiger partial charge in [-0.15, -0.1) is 0 Å². The van der Waals surface area contributed by atoms with Crippen LogP contribution in [0.3, 0.4) is 0 Å². The number of aromatic amines is 1. The number of nitrogens with one attached hydrogen (secondary N) is 2. The van der Waals surface area contributed by atoms with Gasteiger partial charge in [0.1, 0.15) is 17.8 Å². The van der Waals surface area contributed by atoms with Gasteiger partial charge >= 0.3 is 0 Å². The molecule has 4 aromatic rings. The van der Waals surface area contributed by atoms with E-state index >= 15 is 0 Å². The number of hydrogen-bond acceptors (Lipinski definition) is 7. The van der Waals surface area contributed by atoms with Gasteiger partial charge in [-0.1, -0.05) is 29.4 Å². The Balaban J connectivity index is 1.32. The van der Waals surface area contributed by atoms with Crippen LogP contribution in [0.4, 0.5) is 5.69 Å². The van der Waals surface area contributed by atoms with E-state index in [9.17, 15) is 4.79 Å². The quantitative estimate of drug-likeness (QED) is 0.508. The summed E-state index contributed by atoms with van der Waals surface area (Å²) in [6.45, 7) is 0. The Morgan fingerprint density at radius 1 is 1.11 bits per heavy atom. The molecule has 0 aliphatic rings. The molecule has 0 fully saturated rings. The number of carbonyl (C=O) groups excluding carboxylic acids is 1. The first-order chi connectivity index (χ1) is 13.8. The van der Waals surface area contributed by atoms with Gasteiger partial charge in [0.25, 0.3) is 0 Å². The molecule has 0 saturated heterocycles. The Bertz CT molecular complexity index is 1050. The van der Waals surface area contributed by atoms with E-state index in [0.29, 0.717) is 35.4 Å². The standard InChI is InChI=1S/C19H16N6O3/c26-16(9-10-17-23-19(25-28-17)18-20-12-21-24-18)22-13-5-4-8-15(11-13)27-14-6-2-1-3-7-14/h1-8,11-12H,9-10H2,(H,22,26)(H,20,21,24). The molecule has 0 saturated carbocycles. The summed E-state index contributed by atoms with van der Waals surface area (Å²) in [5.41, 5.74) is 0.645. The fourth-order valence-electron chi connectivity index (χ4n) is 2.47. The van der Waals surface area contributed by atoms with Crippen LogP contribution in [-0.4, -0.2) is 31.2 Å². The van der Waals surface area contributed by atoms with E-state index < -0.39 is 0 Å². The van der Waals surface area contributed by atoms with Crippen molar-refractivity contribution in [3.05, 3.63) is 66.8 Å². The van der Waals surface area contributed by atoms with Crippen molar-refractivity contribution >= 4 is 11.6 Å². The number of carbonyl (C=O) groups is 1. The van der Waals surface area contributed by atoms with Crippen molar-refractivity contribution in [1.82, 2.24) is 25.3 Å². The minimum absolute atomic E-state index is 0.170. The van der Waals surface area contributed by atoms with Crippen LogP contribution < -0.4 is 10.1 Å². The van der Waals surface area contributed by atoms with E-state index in [2.05, 4.69) is 30.6 Å². The third-order valence-electron chi connectivity index (χ3n) is 3.76. The number of nitrogens with zero attached hydrogens (tertiary/aromatic N) is 4. The van der Waals surface area contributed by atoms with Crippen LogP contribution in [0.1, 0.15) is 12.3 Å². The monoisotopic (exact) mass is 376 g/mol. The number of para-hydroxylation sites is 1. The topological polar surface area (TPSA) is 119 Å². The number of amides is 1. The van der Waals surface area contributed by atoms with E-state index in [1.165, 1.54) is 6.33 Å². The molecule has 9 nitrogen and oxygen atoms in total. The lowest BCUT2D eigenvalue weighted by atomic mass is 10.2. The van der Waals surface area contributed by atoms with Gasteiger partial charge in [-0.2, -0.15) is 10.1 Å². The van der Waals surface area contributed by atoms with Gasteiger partial charge in [-0.05, 0) is 24.3 Å². The molecule has 0 spiro atoms. The lowest BCUT2D eigenvalue weighted by Gasteiger charge is -2.08. The first kappa shape index (κ1) is 17.4. The Kier molecular flexibility index (Phi) is 5.05. The van der Waals surface area contributed by atoms with Gasteiger partial charge in [-0.3, -0.25) is 9.89 Å². The molecule has 9 heteroatoms. The van der Waals surface area contributed by atoms with Crippen molar-refractivity contribution in [3.63, 3.8) is 0 Å². The Hall–Kier alpha value is -4.01. The third kappa shape index (κ3) is 4.39. The minimum atomic E-state index is -0.170. The van der Waals surface area contributed by atoms with Gasteiger partial charge in [0.05, 0.1) is 0 Å². The zero-order chi connectivity index (χ0) is 19.2. The smallest absolute Gasteiger partial charge is 0.239 e. The minimum Gasteiger partial charge on any atom is -0.457 e. The van der Waals surface area contributed by atoms with Crippen LogP contribution in [0, 0.1) is 0 Å². The maximum atomic E-state index is 12.2. The average molecular weight is 376 g/mol. The maximum Gasteiger partial charge on any atom is 0.239 e. The summed E-state index contributed by atoms with van der Waals surface area (Å²) in [6, 6.07) is 16.6. The Morgan fingerprint density at radius 3 is 2.79 bits per heavy atom. The highest BCUT2D eigenvalue weighted by molar-refractivity contribution is 5.90. The molecular weight excluding hydrogens is 360 g/mol. The van der Waals surface area contributed by atoms with Gasteiger partial charge in [0.2, 0.25) is 17.6 Å². The maximum absolute atomic E-state index is 12.2.